The van der Waals surface area contributed by atoms with Crippen molar-refractivity contribution in [3.05, 3.63) is 35.4 Å². The molecule has 0 aromatic heterocycles. The standard InChI is InChI=1S/C21H33N3O/c1-3-21(25)24-10-8-19(9-11-24)16-18-4-6-20(7-5-18)17-23-14-12-22(2)13-15-23/h4-7,19H,3,8-17H2,1-2H3. The molecule has 0 N–H and O–H groups in total. The smallest absolute Gasteiger partial charge is 0.222 e. The summed E-state index contributed by atoms with van der Waals surface area (Å²) in [7, 11) is 2.20. The summed E-state index contributed by atoms with van der Waals surface area (Å²) in [5, 5.41) is 0. The van der Waals surface area contributed by atoms with Crippen LogP contribution in [0.4, 0.5) is 0 Å². The van der Waals surface area contributed by atoms with Gasteiger partial charge in [0.15, 0.2) is 0 Å². The number of carbonyl (C=O) groups is 1. The van der Waals surface area contributed by atoms with Gasteiger partial charge in [0.1, 0.15) is 0 Å². The molecule has 0 atom stereocenters. The molecule has 0 spiro atoms. The second-order valence-corrected chi connectivity index (χ2v) is 7.78. The maximum Gasteiger partial charge on any atom is 0.222 e. The number of piperidine rings is 1. The van der Waals surface area contributed by atoms with Crippen LogP contribution in [0.2, 0.25) is 0 Å². The van der Waals surface area contributed by atoms with Gasteiger partial charge in [0.05, 0.1) is 0 Å². The quantitative estimate of drug-likeness (QED) is 0.822. The van der Waals surface area contributed by atoms with Crippen LogP contribution in [0.3, 0.4) is 0 Å². The first kappa shape index (κ1) is 18.4. The monoisotopic (exact) mass is 343 g/mol. The number of benzene rings is 1. The van der Waals surface area contributed by atoms with Gasteiger partial charge < -0.3 is 9.80 Å². The normalized spacial score (nSPS) is 20.8. The summed E-state index contributed by atoms with van der Waals surface area (Å²) in [6.45, 7) is 9.62. The van der Waals surface area contributed by atoms with E-state index in [1.165, 1.54) is 37.3 Å². The second kappa shape index (κ2) is 8.81. The Balaban J connectivity index is 1.44. The molecule has 0 bridgehead atoms. The Kier molecular flexibility index (Phi) is 6.49. The number of amides is 1. The minimum atomic E-state index is 0.312. The Bertz CT molecular complexity index is 541. The fraction of sp³-hybridized carbons (Fsp3) is 0.667. The van der Waals surface area contributed by atoms with E-state index >= 15 is 0 Å². The van der Waals surface area contributed by atoms with Gasteiger partial charge in [-0.3, -0.25) is 9.69 Å². The predicted octanol–water partition coefficient (Wildman–Crippen LogP) is 2.63. The lowest BCUT2D eigenvalue weighted by Gasteiger charge is -2.32. The summed E-state index contributed by atoms with van der Waals surface area (Å²) in [5.41, 5.74) is 2.87. The summed E-state index contributed by atoms with van der Waals surface area (Å²) in [6, 6.07) is 9.25. The molecule has 0 saturated carbocycles. The van der Waals surface area contributed by atoms with Gasteiger partial charge in [-0.25, -0.2) is 0 Å². The first-order valence-electron chi connectivity index (χ1n) is 9.90. The number of likely N-dealkylation sites (N-methyl/N-ethyl adjacent to an activating group) is 1. The molecule has 0 radical (unpaired) electrons. The zero-order valence-electron chi connectivity index (χ0n) is 15.9. The van der Waals surface area contributed by atoms with Crippen LogP contribution in [0.25, 0.3) is 0 Å². The highest BCUT2D eigenvalue weighted by Crippen LogP contribution is 2.22. The number of hydrogen-bond donors (Lipinski definition) is 0. The fourth-order valence-corrected chi connectivity index (χ4v) is 3.99. The van der Waals surface area contributed by atoms with Crippen LogP contribution >= 0.6 is 0 Å². The maximum absolute atomic E-state index is 11.8. The topological polar surface area (TPSA) is 26.8 Å². The van der Waals surface area contributed by atoms with E-state index in [9.17, 15) is 4.79 Å². The van der Waals surface area contributed by atoms with E-state index in [0.29, 0.717) is 12.3 Å². The molecule has 2 saturated heterocycles. The summed E-state index contributed by atoms with van der Waals surface area (Å²) >= 11 is 0. The van der Waals surface area contributed by atoms with Gasteiger partial charge in [-0.1, -0.05) is 31.2 Å². The average molecular weight is 344 g/mol. The van der Waals surface area contributed by atoms with Crippen molar-refractivity contribution in [2.45, 2.75) is 39.2 Å². The Morgan fingerprint density at radius 2 is 1.56 bits per heavy atom. The van der Waals surface area contributed by atoms with Crippen molar-refractivity contribution in [1.29, 1.82) is 0 Å². The molecular formula is C21H33N3O. The fourth-order valence-electron chi connectivity index (χ4n) is 3.99. The summed E-state index contributed by atoms with van der Waals surface area (Å²) in [4.78, 5) is 18.8. The van der Waals surface area contributed by atoms with Crippen LogP contribution in [-0.4, -0.2) is 66.9 Å². The van der Waals surface area contributed by atoms with Crippen LogP contribution in [0.15, 0.2) is 24.3 Å². The van der Waals surface area contributed by atoms with Crippen LogP contribution in [0.1, 0.15) is 37.3 Å². The molecule has 1 aromatic rings. The van der Waals surface area contributed by atoms with Crippen LogP contribution in [0.5, 0.6) is 0 Å². The van der Waals surface area contributed by atoms with Gasteiger partial charge in [-0.2, -0.15) is 0 Å². The van der Waals surface area contributed by atoms with Gasteiger partial charge in [0.2, 0.25) is 5.91 Å². The predicted molar refractivity (Wildman–Crippen MR) is 103 cm³/mol. The summed E-state index contributed by atoms with van der Waals surface area (Å²) in [6.07, 6.45) is 4.09. The lowest BCUT2D eigenvalue weighted by Crippen LogP contribution is -2.43. The highest BCUT2D eigenvalue weighted by Gasteiger charge is 2.22. The number of piperazine rings is 1. The first-order chi connectivity index (χ1) is 12.1. The average Bonchev–Trinajstić information content (AvgIpc) is 2.65. The molecule has 2 fully saturated rings. The third kappa shape index (κ3) is 5.29. The molecule has 3 rings (SSSR count). The van der Waals surface area contributed by atoms with Crippen molar-refractivity contribution in [3.8, 4) is 0 Å². The SMILES string of the molecule is CCC(=O)N1CCC(Cc2ccc(CN3CCN(C)CC3)cc2)CC1. The van der Waals surface area contributed by atoms with E-state index in [0.717, 1.165) is 44.8 Å². The van der Waals surface area contributed by atoms with Crippen LogP contribution in [0, 0.1) is 5.92 Å². The van der Waals surface area contributed by atoms with Crippen molar-refractivity contribution in [2.75, 3.05) is 46.3 Å². The number of nitrogens with zero attached hydrogens (tertiary/aromatic N) is 3. The Hall–Kier alpha value is -1.39. The molecule has 4 heteroatoms. The minimum absolute atomic E-state index is 0.312. The first-order valence-corrected chi connectivity index (χ1v) is 9.90. The molecule has 1 aromatic carbocycles. The second-order valence-electron chi connectivity index (χ2n) is 7.78. The van der Waals surface area contributed by atoms with Crippen molar-refractivity contribution in [3.63, 3.8) is 0 Å². The van der Waals surface area contributed by atoms with Crippen molar-refractivity contribution >= 4 is 5.91 Å². The molecule has 2 aliphatic rings. The minimum Gasteiger partial charge on any atom is -0.343 e. The summed E-state index contributed by atoms with van der Waals surface area (Å²) < 4.78 is 0. The van der Waals surface area contributed by atoms with Gasteiger partial charge in [0, 0.05) is 52.2 Å². The van der Waals surface area contributed by atoms with E-state index in [1.54, 1.807) is 0 Å². The number of hydrogen-bond acceptors (Lipinski definition) is 3. The van der Waals surface area contributed by atoms with Crippen molar-refractivity contribution in [1.82, 2.24) is 14.7 Å². The van der Waals surface area contributed by atoms with Gasteiger partial charge in [0.25, 0.3) is 0 Å². The lowest BCUT2D eigenvalue weighted by atomic mass is 9.90. The molecule has 4 nitrogen and oxygen atoms in total. The van der Waals surface area contributed by atoms with Crippen molar-refractivity contribution < 1.29 is 4.79 Å². The molecule has 0 aliphatic carbocycles. The zero-order valence-corrected chi connectivity index (χ0v) is 15.9. The largest absolute Gasteiger partial charge is 0.343 e. The van der Waals surface area contributed by atoms with E-state index in [2.05, 4.69) is 41.1 Å². The Labute approximate surface area is 152 Å². The van der Waals surface area contributed by atoms with Gasteiger partial charge >= 0.3 is 0 Å². The van der Waals surface area contributed by atoms with E-state index in [-0.39, 0.29) is 0 Å². The van der Waals surface area contributed by atoms with E-state index in [4.69, 9.17) is 0 Å². The van der Waals surface area contributed by atoms with E-state index < -0.39 is 0 Å². The van der Waals surface area contributed by atoms with Crippen LogP contribution < -0.4 is 0 Å². The highest BCUT2D eigenvalue weighted by molar-refractivity contribution is 5.75. The number of carbonyl (C=O) groups excluding carboxylic acids is 1. The summed E-state index contributed by atoms with van der Waals surface area (Å²) in [5.74, 6) is 1.04. The Morgan fingerprint density at radius 1 is 0.960 bits per heavy atom. The van der Waals surface area contributed by atoms with E-state index in [1.807, 2.05) is 11.8 Å². The number of rotatable bonds is 5. The number of likely N-dealkylation sites (tertiary alicyclic amines) is 1. The molecule has 2 heterocycles. The van der Waals surface area contributed by atoms with Crippen LogP contribution in [-0.2, 0) is 17.8 Å². The Morgan fingerprint density at radius 3 is 2.16 bits per heavy atom. The lowest BCUT2D eigenvalue weighted by molar-refractivity contribution is -0.132. The zero-order chi connectivity index (χ0) is 17.6. The maximum atomic E-state index is 11.8. The van der Waals surface area contributed by atoms with Crippen molar-refractivity contribution in [2.24, 2.45) is 5.92 Å². The third-order valence-electron chi connectivity index (χ3n) is 5.82. The third-order valence-corrected chi connectivity index (χ3v) is 5.82. The molecule has 138 valence electrons. The molecule has 1 amide bonds. The molecule has 0 unspecified atom stereocenters. The molecular weight excluding hydrogens is 310 g/mol. The van der Waals surface area contributed by atoms with Gasteiger partial charge in [-0.15, -0.1) is 0 Å². The molecule has 25 heavy (non-hydrogen) atoms. The molecule has 2 aliphatic heterocycles. The highest BCUT2D eigenvalue weighted by atomic mass is 16.2. The van der Waals surface area contributed by atoms with Gasteiger partial charge in [-0.05, 0) is 43.4 Å².